The maximum atomic E-state index is 12.2. The maximum Gasteiger partial charge on any atom is 0.275 e. The molecule has 0 saturated heterocycles. The summed E-state index contributed by atoms with van der Waals surface area (Å²) < 4.78 is 0. The van der Waals surface area contributed by atoms with E-state index < -0.39 is 0 Å². The lowest BCUT2D eigenvalue weighted by Gasteiger charge is -2.05. The third kappa shape index (κ3) is 4.02. The van der Waals surface area contributed by atoms with Gasteiger partial charge in [0.1, 0.15) is 11.4 Å². The summed E-state index contributed by atoms with van der Waals surface area (Å²) in [4.78, 5) is 24.4. The highest BCUT2D eigenvalue weighted by atomic mass is 16.1. The molecule has 1 aromatic carbocycles. The highest BCUT2D eigenvalue weighted by molar-refractivity contribution is 6.02. The monoisotopic (exact) mass is 314 g/mol. The van der Waals surface area contributed by atoms with Crippen LogP contribution >= 0.6 is 0 Å². The molecule has 5 heteroatoms. The highest BCUT2D eigenvalue weighted by Gasteiger charge is 2.07. The molecule has 0 atom stereocenters. The highest BCUT2D eigenvalue weighted by Crippen LogP contribution is 2.11. The van der Waals surface area contributed by atoms with E-state index in [4.69, 9.17) is 0 Å². The van der Waals surface area contributed by atoms with Crippen LogP contribution in [0.4, 0.5) is 5.69 Å². The van der Waals surface area contributed by atoms with E-state index in [1.165, 1.54) is 6.20 Å². The van der Waals surface area contributed by atoms with Crippen LogP contribution in [0.3, 0.4) is 0 Å². The standard InChI is InChI=1S/C19H14N4O/c1-14-12-22-18(13-21-14)19(24)23-17-7-4-5-15(11-17)8-9-16-6-2-3-10-20-16/h2-7,10-13H,1H3,(H,23,24). The van der Waals surface area contributed by atoms with Crippen molar-refractivity contribution in [2.45, 2.75) is 6.92 Å². The van der Waals surface area contributed by atoms with Crippen LogP contribution in [-0.4, -0.2) is 20.9 Å². The van der Waals surface area contributed by atoms with Gasteiger partial charge in [-0.15, -0.1) is 0 Å². The van der Waals surface area contributed by atoms with Gasteiger partial charge in [0, 0.05) is 23.6 Å². The van der Waals surface area contributed by atoms with Crippen LogP contribution in [0.2, 0.25) is 0 Å². The van der Waals surface area contributed by atoms with Crippen molar-refractivity contribution in [3.05, 3.63) is 83.7 Å². The van der Waals surface area contributed by atoms with E-state index in [0.717, 1.165) is 11.3 Å². The number of hydrogen-bond acceptors (Lipinski definition) is 4. The summed E-state index contributed by atoms with van der Waals surface area (Å²) >= 11 is 0. The second-order valence-electron chi connectivity index (χ2n) is 5.04. The SMILES string of the molecule is Cc1cnc(C(=O)Nc2cccc(C#Cc3ccccn3)c2)cn1. The summed E-state index contributed by atoms with van der Waals surface area (Å²) in [7, 11) is 0. The van der Waals surface area contributed by atoms with Crippen LogP contribution in [0.15, 0.2) is 61.1 Å². The van der Waals surface area contributed by atoms with Crippen molar-refractivity contribution >= 4 is 11.6 Å². The van der Waals surface area contributed by atoms with Crippen molar-refractivity contribution in [2.75, 3.05) is 5.32 Å². The fraction of sp³-hybridized carbons (Fsp3) is 0.0526. The number of pyridine rings is 1. The molecule has 1 amide bonds. The molecule has 0 aliphatic carbocycles. The van der Waals surface area contributed by atoms with E-state index in [0.29, 0.717) is 11.4 Å². The van der Waals surface area contributed by atoms with Gasteiger partial charge in [-0.1, -0.05) is 18.1 Å². The molecule has 1 N–H and O–H groups in total. The molecule has 0 bridgehead atoms. The van der Waals surface area contributed by atoms with Gasteiger partial charge in [0.05, 0.1) is 11.9 Å². The van der Waals surface area contributed by atoms with Crippen molar-refractivity contribution < 1.29 is 4.79 Å². The van der Waals surface area contributed by atoms with E-state index in [1.54, 1.807) is 24.5 Å². The molecule has 0 unspecified atom stereocenters. The Bertz CT molecular complexity index is 909. The van der Waals surface area contributed by atoms with E-state index in [9.17, 15) is 4.79 Å². The summed E-state index contributed by atoms with van der Waals surface area (Å²) in [5.74, 6) is 5.71. The van der Waals surface area contributed by atoms with E-state index in [1.807, 2.05) is 37.3 Å². The molecule has 3 aromatic rings. The van der Waals surface area contributed by atoms with Gasteiger partial charge in [0.2, 0.25) is 0 Å². The van der Waals surface area contributed by atoms with Crippen molar-refractivity contribution in [1.82, 2.24) is 15.0 Å². The van der Waals surface area contributed by atoms with Gasteiger partial charge in [0.25, 0.3) is 5.91 Å². The van der Waals surface area contributed by atoms with Crippen LogP contribution in [0.25, 0.3) is 0 Å². The van der Waals surface area contributed by atoms with E-state index in [-0.39, 0.29) is 11.6 Å². The average molecular weight is 314 g/mol. The van der Waals surface area contributed by atoms with Crippen molar-refractivity contribution in [2.24, 2.45) is 0 Å². The van der Waals surface area contributed by atoms with Crippen molar-refractivity contribution in [3.8, 4) is 11.8 Å². The zero-order chi connectivity index (χ0) is 16.8. The van der Waals surface area contributed by atoms with Crippen molar-refractivity contribution in [1.29, 1.82) is 0 Å². The Morgan fingerprint density at radius 1 is 1.00 bits per heavy atom. The number of aryl methyl sites for hydroxylation is 1. The number of benzene rings is 1. The van der Waals surface area contributed by atoms with Gasteiger partial charge in [-0.2, -0.15) is 0 Å². The number of rotatable bonds is 2. The molecule has 3 rings (SSSR count). The first kappa shape index (κ1) is 15.4. The number of nitrogens with zero attached hydrogens (tertiary/aromatic N) is 3. The third-order valence-electron chi connectivity index (χ3n) is 3.13. The second-order valence-corrected chi connectivity index (χ2v) is 5.04. The normalized spacial score (nSPS) is 9.71. The summed E-state index contributed by atoms with van der Waals surface area (Å²) in [6.07, 6.45) is 4.71. The van der Waals surface area contributed by atoms with Gasteiger partial charge >= 0.3 is 0 Å². The largest absolute Gasteiger partial charge is 0.321 e. The van der Waals surface area contributed by atoms with Crippen LogP contribution in [0.5, 0.6) is 0 Å². The Labute approximate surface area is 139 Å². The molecule has 0 radical (unpaired) electrons. The molecule has 0 aliphatic rings. The maximum absolute atomic E-state index is 12.2. The summed E-state index contributed by atoms with van der Waals surface area (Å²) in [5.41, 5.74) is 3.16. The fourth-order valence-electron chi connectivity index (χ4n) is 1.95. The number of anilines is 1. The van der Waals surface area contributed by atoms with Crippen LogP contribution in [0.1, 0.15) is 27.4 Å². The Morgan fingerprint density at radius 3 is 2.67 bits per heavy atom. The van der Waals surface area contributed by atoms with Crippen LogP contribution in [0, 0.1) is 18.8 Å². The molecular formula is C19H14N4O. The van der Waals surface area contributed by atoms with Gasteiger partial charge in [-0.25, -0.2) is 9.97 Å². The predicted molar refractivity (Wildman–Crippen MR) is 91.4 cm³/mol. The number of carbonyl (C=O) groups excluding carboxylic acids is 1. The average Bonchev–Trinajstić information content (AvgIpc) is 2.62. The van der Waals surface area contributed by atoms with Crippen LogP contribution < -0.4 is 5.32 Å². The fourth-order valence-corrected chi connectivity index (χ4v) is 1.95. The number of nitrogens with one attached hydrogen (secondary N) is 1. The summed E-state index contributed by atoms with van der Waals surface area (Å²) in [6, 6.07) is 12.9. The molecule has 0 spiro atoms. The Morgan fingerprint density at radius 2 is 1.92 bits per heavy atom. The lowest BCUT2D eigenvalue weighted by atomic mass is 10.2. The Hall–Kier alpha value is -3.52. The molecule has 5 nitrogen and oxygen atoms in total. The van der Waals surface area contributed by atoms with Gasteiger partial charge in [-0.3, -0.25) is 9.78 Å². The zero-order valence-corrected chi connectivity index (χ0v) is 13.0. The van der Waals surface area contributed by atoms with Gasteiger partial charge < -0.3 is 5.32 Å². The summed E-state index contributed by atoms with van der Waals surface area (Å²) in [6.45, 7) is 1.82. The lowest BCUT2D eigenvalue weighted by molar-refractivity contribution is 0.102. The van der Waals surface area contributed by atoms with Crippen molar-refractivity contribution in [3.63, 3.8) is 0 Å². The zero-order valence-electron chi connectivity index (χ0n) is 13.0. The quantitative estimate of drug-likeness (QED) is 0.739. The predicted octanol–water partition coefficient (Wildman–Crippen LogP) is 2.83. The lowest BCUT2D eigenvalue weighted by Crippen LogP contribution is -2.14. The molecule has 0 fully saturated rings. The third-order valence-corrected chi connectivity index (χ3v) is 3.13. The number of aromatic nitrogens is 3. The molecule has 2 heterocycles. The van der Waals surface area contributed by atoms with E-state index in [2.05, 4.69) is 32.1 Å². The number of amides is 1. The minimum atomic E-state index is -0.308. The molecular weight excluding hydrogens is 300 g/mol. The summed E-state index contributed by atoms with van der Waals surface area (Å²) in [5, 5.41) is 2.79. The second kappa shape index (κ2) is 7.16. The van der Waals surface area contributed by atoms with Gasteiger partial charge in [-0.05, 0) is 43.2 Å². The molecule has 24 heavy (non-hydrogen) atoms. The molecule has 0 aliphatic heterocycles. The first-order valence-corrected chi connectivity index (χ1v) is 7.34. The Kier molecular flexibility index (Phi) is 4.59. The molecule has 0 saturated carbocycles. The topological polar surface area (TPSA) is 67.8 Å². The minimum absolute atomic E-state index is 0.269. The Balaban J connectivity index is 1.75. The molecule has 2 aromatic heterocycles. The molecule has 116 valence electrons. The first-order valence-electron chi connectivity index (χ1n) is 7.34. The number of hydrogen-bond donors (Lipinski definition) is 1. The van der Waals surface area contributed by atoms with Gasteiger partial charge in [0.15, 0.2) is 0 Å². The smallest absolute Gasteiger partial charge is 0.275 e. The first-order chi connectivity index (χ1) is 11.7. The van der Waals surface area contributed by atoms with E-state index >= 15 is 0 Å². The van der Waals surface area contributed by atoms with Crippen LogP contribution in [-0.2, 0) is 0 Å². The minimum Gasteiger partial charge on any atom is -0.321 e. The number of carbonyl (C=O) groups is 1.